The summed E-state index contributed by atoms with van der Waals surface area (Å²) in [6, 6.07) is 2.83. The van der Waals surface area contributed by atoms with Gasteiger partial charge in [-0.15, -0.1) is 0 Å². The van der Waals surface area contributed by atoms with Gasteiger partial charge in [0, 0.05) is 6.04 Å². The van der Waals surface area contributed by atoms with Crippen molar-refractivity contribution in [2.75, 3.05) is 7.11 Å². The second-order valence-corrected chi connectivity index (χ2v) is 3.86. The summed E-state index contributed by atoms with van der Waals surface area (Å²) in [5, 5.41) is 0.281. The fourth-order valence-electron chi connectivity index (χ4n) is 1.31. The van der Waals surface area contributed by atoms with Crippen molar-refractivity contribution in [1.82, 2.24) is 0 Å². The number of ether oxygens (including phenoxy) is 1. The largest absolute Gasteiger partial charge is 0.495 e. The Balaban J connectivity index is 2.97. The van der Waals surface area contributed by atoms with Crippen LogP contribution >= 0.6 is 11.6 Å². The maximum Gasteiger partial charge on any atom is 0.137 e. The fourth-order valence-corrected chi connectivity index (χ4v) is 1.54. The van der Waals surface area contributed by atoms with E-state index in [0.717, 1.165) is 6.42 Å². The Morgan fingerprint density at radius 2 is 2.20 bits per heavy atom. The second kappa shape index (κ2) is 5.33. The van der Waals surface area contributed by atoms with Crippen molar-refractivity contribution in [1.29, 1.82) is 0 Å². The number of halogens is 2. The lowest BCUT2D eigenvalue weighted by molar-refractivity contribution is 0.412. The van der Waals surface area contributed by atoms with E-state index in [4.69, 9.17) is 22.1 Å². The van der Waals surface area contributed by atoms with Crippen LogP contribution in [0.25, 0.3) is 0 Å². The molecule has 1 rings (SSSR count). The van der Waals surface area contributed by atoms with E-state index in [0.29, 0.717) is 17.7 Å². The Labute approximate surface area is 94.2 Å². The van der Waals surface area contributed by atoms with Crippen LogP contribution in [0.5, 0.6) is 5.75 Å². The molecule has 4 heteroatoms. The molecule has 2 nitrogen and oxygen atoms in total. The number of methoxy groups -OCH3 is 1. The van der Waals surface area contributed by atoms with Gasteiger partial charge in [0.05, 0.1) is 12.1 Å². The SMILES string of the molecule is CCC(N)Cc1cc(OC)c(Cl)cc1F. The summed E-state index contributed by atoms with van der Waals surface area (Å²) in [5.41, 5.74) is 6.31. The summed E-state index contributed by atoms with van der Waals surface area (Å²) >= 11 is 5.78. The van der Waals surface area contributed by atoms with Crippen molar-refractivity contribution < 1.29 is 9.13 Å². The van der Waals surface area contributed by atoms with Crippen LogP contribution in [-0.2, 0) is 6.42 Å². The first-order valence-electron chi connectivity index (χ1n) is 4.86. The molecule has 2 N–H and O–H groups in total. The van der Waals surface area contributed by atoms with Gasteiger partial charge in [-0.05, 0) is 30.5 Å². The summed E-state index contributed by atoms with van der Waals surface area (Å²) in [7, 11) is 1.50. The molecular weight excluding hydrogens is 217 g/mol. The van der Waals surface area contributed by atoms with Crippen LogP contribution in [0.1, 0.15) is 18.9 Å². The lowest BCUT2D eigenvalue weighted by Crippen LogP contribution is -2.22. The van der Waals surface area contributed by atoms with Crippen LogP contribution in [0.4, 0.5) is 4.39 Å². The lowest BCUT2D eigenvalue weighted by Gasteiger charge is -2.11. The predicted molar refractivity (Wildman–Crippen MR) is 59.9 cm³/mol. The van der Waals surface area contributed by atoms with Crippen LogP contribution in [0.15, 0.2) is 12.1 Å². The van der Waals surface area contributed by atoms with E-state index in [9.17, 15) is 4.39 Å². The third kappa shape index (κ3) is 3.08. The van der Waals surface area contributed by atoms with Gasteiger partial charge in [0.2, 0.25) is 0 Å². The molecule has 0 aromatic heterocycles. The molecule has 0 aliphatic heterocycles. The minimum absolute atomic E-state index is 0.0367. The average molecular weight is 232 g/mol. The van der Waals surface area contributed by atoms with Gasteiger partial charge in [-0.2, -0.15) is 0 Å². The summed E-state index contributed by atoms with van der Waals surface area (Å²) < 4.78 is 18.5. The Hall–Kier alpha value is -0.800. The first-order chi connectivity index (χ1) is 7.08. The normalized spacial score (nSPS) is 12.6. The van der Waals surface area contributed by atoms with E-state index >= 15 is 0 Å². The van der Waals surface area contributed by atoms with Crippen LogP contribution < -0.4 is 10.5 Å². The van der Waals surface area contributed by atoms with Crippen LogP contribution in [0.2, 0.25) is 5.02 Å². The Morgan fingerprint density at radius 1 is 1.53 bits per heavy atom. The van der Waals surface area contributed by atoms with Crippen LogP contribution in [0.3, 0.4) is 0 Å². The van der Waals surface area contributed by atoms with E-state index in [1.165, 1.54) is 13.2 Å². The van der Waals surface area contributed by atoms with Crippen LogP contribution in [-0.4, -0.2) is 13.2 Å². The molecule has 0 saturated heterocycles. The summed E-state index contributed by atoms with van der Waals surface area (Å²) in [5.74, 6) is 0.154. The standard InChI is InChI=1S/C11H15ClFNO/c1-3-8(14)4-7-5-11(15-2)9(12)6-10(7)13/h5-6,8H,3-4,14H2,1-2H3. The number of nitrogens with two attached hydrogens (primary N) is 1. The highest BCUT2D eigenvalue weighted by Crippen LogP contribution is 2.27. The molecule has 0 heterocycles. The summed E-state index contributed by atoms with van der Waals surface area (Å²) in [6.45, 7) is 1.97. The summed E-state index contributed by atoms with van der Waals surface area (Å²) in [4.78, 5) is 0. The Kier molecular flexibility index (Phi) is 4.36. The molecule has 1 aromatic rings. The molecule has 84 valence electrons. The molecule has 15 heavy (non-hydrogen) atoms. The molecule has 0 saturated carbocycles. The third-order valence-corrected chi connectivity index (χ3v) is 2.62. The molecule has 0 radical (unpaired) electrons. The van der Waals surface area contributed by atoms with Crippen molar-refractivity contribution in [3.63, 3.8) is 0 Å². The molecule has 0 aliphatic carbocycles. The molecule has 0 amide bonds. The molecule has 1 atom stereocenters. The van der Waals surface area contributed by atoms with E-state index in [1.807, 2.05) is 6.92 Å². The maximum absolute atomic E-state index is 13.5. The van der Waals surface area contributed by atoms with Gasteiger partial charge in [0.1, 0.15) is 11.6 Å². The van der Waals surface area contributed by atoms with Crippen molar-refractivity contribution in [3.05, 3.63) is 28.5 Å². The summed E-state index contributed by atoms with van der Waals surface area (Å²) in [6.07, 6.45) is 1.31. The van der Waals surface area contributed by atoms with Crippen molar-refractivity contribution in [2.45, 2.75) is 25.8 Å². The molecule has 0 fully saturated rings. The van der Waals surface area contributed by atoms with E-state index < -0.39 is 0 Å². The number of hydrogen-bond acceptors (Lipinski definition) is 2. The molecular formula is C11H15ClFNO. The first kappa shape index (κ1) is 12.3. The lowest BCUT2D eigenvalue weighted by atomic mass is 10.0. The van der Waals surface area contributed by atoms with Gasteiger partial charge in [-0.3, -0.25) is 0 Å². The Bertz CT molecular complexity index is 344. The van der Waals surface area contributed by atoms with E-state index in [1.54, 1.807) is 6.07 Å². The molecule has 1 aromatic carbocycles. The third-order valence-electron chi connectivity index (χ3n) is 2.33. The number of benzene rings is 1. The van der Waals surface area contributed by atoms with Gasteiger partial charge in [-0.1, -0.05) is 18.5 Å². The minimum atomic E-state index is -0.329. The molecule has 0 aliphatic rings. The monoisotopic (exact) mass is 231 g/mol. The predicted octanol–water partition coefficient (Wildman–Crippen LogP) is 2.77. The fraction of sp³-hybridized carbons (Fsp3) is 0.455. The zero-order valence-electron chi connectivity index (χ0n) is 8.89. The quantitative estimate of drug-likeness (QED) is 0.865. The highest BCUT2D eigenvalue weighted by atomic mass is 35.5. The Morgan fingerprint density at radius 3 is 2.73 bits per heavy atom. The maximum atomic E-state index is 13.5. The average Bonchev–Trinajstić information content (AvgIpc) is 2.21. The van der Waals surface area contributed by atoms with E-state index in [2.05, 4.69) is 0 Å². The van der Waals surface area contributed by atoms with Gasteiger partial charge in [-0.25, -0.2) is 4.39 Å². The first-order valence-corrected chi connectivity index (χ1v) is 5.23. The second-order valence-electron chi connectivity index (χ2n) is 3.45. The zero-order valence-corrected chi connectivity index (χ0v) is 9.64. The highest BCUT2D eigenvalue weighted by Gasteiger charge is 2.11. The van der Waals surface area contributed by atoms with Crippen molar-refractivity contribution in [3.8, 4) is 5.75 Å². The highest BCUT2D eigenvalue weighted by molar-refractivity contribution is 6.32. The molecule has 0 spiro atoms. The van der Waals surface area contributed by atoms with Gasteiger partial charge < -0.3 is 10.5 Å². The number of hydrogen-bond donors (Lipinski definition) is 1. The smallest absolute Gasteiger partial charge is 0.137 e. The number of rotatable bonds is 4. The van der Waals surface area contributed by atoms with E-state index in [-0.39, 0.29) is 16.9 Å². The molecule has 1 unspecified atom stereocenters. The van der Waals surface area contributed by atoms with Crippen molar-refractivity contribution in [2.24, 2.45) is 5.73 Å². The topological polar surface area (TPSA) is 35.2 Å². The van der Waals surface area contributed by atoms with Gasteiger partial charge in [0.25, 0.3) is 0 Å². The molecule has 0 bridgehead atoms. The van der Waals surface area contributed by atoms with Gasteiger partial charge in [0.15, 0.2) is 0 Å². The van der Waals surface area contributed by atoms with Crippen LogP contribution in [0, 0.1) is 5.82 Å². The minimum Gasteiger partial charge on any atom is -0.495 e. The van der Waals surface area contributed by atoms with Crippen molar-refractivity contribution >= 4 is 11.6 Å². The zero-order chi connectivity index (χ0) is 11.4. The van der Waals surface area contributed by atoms with Gasteiger partial charge >= 0.3 is 0 Å².